The lowest BCUT2D eigenvalue weighted by atomic mass is 10.1. The van der Waals surface area contributed by atoms with E-state index in [0.717, 1.165) is 66.4 Å². The van der Waals surface area contributed by atoms with Crippen LogP contribution in [0.4, 0.5) is 17.5 Å². The molecule has 9 nitrogen and oxygen atoms in total. The zero-order valence-electron chi connectivity index (χ0n) is 24.3. The number of hydrogen-bond donors (Lipinski definition) is 2. The summed E-state index contributed by atoms with van der Waals surface area (Å²) in [7, 11) is 0. The van der Waals surface area contributed by atoms with E-state index >= 15 is 0 Å². The smallest absolute Gasteiger partial charge is 0.228 e. The summed E-state index contributed by atoms with van der Waals surface area (Å²) in [6.07, 6.45) is 4.49. The molecule has 9 heteroatoms. The standard InChI is InChI=1S/C33H36N8O/c1-4-41(5-2)22-10-20-35-33-36-21-18-29(38-33)28-13-9-19-34-32(28)42-27-16-14-26(15-17-27)37-31-24(3)23-30(39-40-31)25-11-7-6-8-12-25/h6-9,11-19,21,23H,4-5,10,20,22H2,1-3H3,(H,37,40)(H,35,36,38). The molecule has 0 saturated carbocycles. The molecule has 0 aliphatic rings. The van der Waals surface area contributed by atoms with E-state index in [-0.39, 0.29) is 0 Å². The van der Waals surface area contributed by atoms with Crippen LogP contribution in [0, 0.1) is 6.92 Å². The number of nitrogens with zero attached hydrogens (tertiary/aromatic N) is 6. The summed E-state index contributed by atoms with van der Waals surface area (Å²) in [5, 5.41) is 15.5. The minimum Gasteiger partial charge on any atom is -0.438 e. The number of nitrogens with one attached hydrogen (secondary N) is 2. The van der Waals surface area contributed by atoms with Gasteiger partial charge < -0.3 is 20.3 Å². The molecule has 0 atom stereocenters. The molecule has 3 heterocycles. The van der Waals surface area contributed by atoms with Crippen molar-refractivity contribution < 1.29 is 4.74 Å². The molecular weight excluding hydrogens is 524 g/mol. The van der Waals surface area contributed by atoms with Gasteiger partial charge in [0.1, 0.15) is 5.75 Å². The van der Waals surface area contributed by atoms with E-state index in [1.165, 1.54) is 0 Å². The SMILES string of the molecule is CCN(CC)CCCNc1nccc(-c2cccnc2Oc2ccc(Nc3nnc(-c4ccccc4)cc3C)cc2)n1. The first-order valence-corrected chi connectivity index (χ1v) is 14.3. The number of rotatable bonds is 13. The van der Waals surface area contributed by atoms with Crippen LogP contribution in [-0.2, 0) is 0 Å². The summed E-state index contributed by atoms with van der Waals surface area (Å²) < 4.78 is 6.19. The highest BCUT2D eigenvalue weighted by molar-refractivity contribution is 5.67. The molecule has 5 rings (SSSR count). The van der Waals surface area contributed by atoms with Crippen LogP contribution in [0.5, 0.6) is 11.6 Å². The normalized spacial score (nSPS) is 11.0. The van der Waals surface area contributed by atoms with E-state index in [1.54, 1.807) is 12.4 Å². The van der Waals surface area contributed by atoms with Gasteiger partial charge >= 0.3 is 0 Å². The van der Waals surface area contributed by atoms with Crippen LogP contribution in [0.3, 0.4) is 0 Å². The van der Waals surface area contributed by atoms with Gasteiger partial charge in [0.15, 0.2) is 5.82 Å². The Morgan fingerprint density at radius 3 is 2.38 bits per heavy atom. The monoisotopic (exact) mass is 560 g/mol. The van der Waals surface area contributed by atoms with Crippen LogP contribution in [-0.4, -0.2) is 56.2 Å². The van der Waals surface area contributed by atoms with Gasteiger partial charge in [-0.25, -0.2) is 15.0 Å². The van der Waals surface area contributed by atoms with E-state index in [9.17, 15) is 0 Å². The minimum atomic E-state index is 0.475. The molecular formula is C33H36N8O. The van der Waals surface area contributed by atoms with Gasteiger partial charge in [-0.15, -0.1) is 10.2 Å². The predicted octanol–water partition coefficient (Wildman–Crippen LogP) is 6.98. The summed E-state index contributed by atoms with van der Waals surface area (Å²) in [5.74, 6) is 2.43. The maximum Gasteiger partial charge on any atom is 0.228 e. The summed E-state index contributed by atoms with van der Waals surface area (Å²) in [6.45, 7) is 10.4. The van der Waals surface area contributed by atoms with Gasteiger partial charge in [-0.2, -0.15) is 0 Å². The van der Waals surface area contributed by atoms with Crippen molar-refractivity contribution in [1.82, 2.24) is 30.0 Å². The van der Waals surface area contributed by atoms with Gasteiger partial charge in [-0.3, -0.25) is 0 Å². The molecule has 0 saturated heterocycles. The van der Waals surface area contributed by atoms with Crippen LogP contribution in [0.15, 0.2) is 91.3 Å². The Hall–Kier alpha value is -4.89. The van der Waals surface area contributed by atoms with Crippen molar-refractivity contribution in [3.05, 3.63) is 96.8 Å². The van der Waals surface area contributed by atoms with Crippen molar-refractivity contribution >= 4 is 17.5 Å². The molecule has 0 spiro atoms. The molecule has 0 aliphatic heterocycles. The molecule has 214 valence electrons. The summed E-state index contributed by atoms with van der Waals surface area (Å²) in [5.41, 5.74) is 5.29. The second-order valence-corrected chi connectivity index (χ2v) is 9.81. The maximum absolute atomic E-state index is 6.19. The highest BCUT2D eigenvalue weighted by Crippen LogP contribution is 2.31. The fourth-order valence-corrected chi connectivity index (χ4v) is 4.52. The average molecular weight is 561 g/mol. The van der Waals surface area contributed by atoms with Crippen LogP contribution < -0.4 is 15.4 Å². The van der Waals surface area contributed by atoms with E-state index in [4.69, 9.17) is 9.72 Å². The van der Waals surface area contributed by atoms with Gasteiger partial charge in [-0.1, -0.05) is 44.2 Å². The van der Waals surface area contributed by atoms with Gasteiger partial charge in [0, 0.05) is 30.2 Å². The maximum atomic E-state index is 6.19. The number of aromatic nitrogens is 5. The zero-order valence-corrected chi connectivity index (χ0v) is 24.3. The van der Waals surface area contributed by atoms with Gasteiger partial charge in [0.2, 0.25) is 11.8 Å². The second-order valence-electron chi connectivity index (χ2n) is 9.81. The predicted molar refractivity (Wildman–Crippen MR) is 168 cm³/mol. The second kappa shape index (κ2) is 14.1. The summed E-state index contributed by atoms with van der Waals surface area (Å²) >= 11 is 0. The fraction of sp³-hybridized carbons (Fsp3) is 0.242. The first-order chi connectivity index (χ1) is 20.6. The number of ether oxygens (including phenoxy) is 1. The third-order valence-electron chi connectivity index (χ3n) is 6.92. The van der Waals surface area contributed by atoms with E-state index < -0.39 is 0 Å². The van der Waals surface area contributed by atoms with Crippen molar-refractivity contribution in [3.8, 4) is 34.1 Å². The number of pyridine rings is 1. The lowest BCUT2D eigenvalue weighted by molar-refractivity contribution is 0.303. The Bertz CT molecular complexity index is 1570. The van der Waals surface area contributed by atoms with Crippen molar-refractivity contribution in [1.29, 1.82) is 0 Å². The summed E-state index contributed by atoms with van der Waals surface area (Å²) in [6, 6.07) is 25.4. The van der Waals surface area contributed by atoms with Crippen molar-refractivity contribution in [3.63, 3.8) is 0 Å². The largest absolute Gasteiger partial charge is 0.438 e. The van der Waals surface area contributed by atoms with Crippen LogP contribution in [0.2, 0.25) is 0 Å². The minimum absolute atomic E-state index is 0.475. The average Bonchev–Trinajstić information content (AvgIpc) is 3.04. The van der Waals surface area contributed by atoms with E-state index in [1.807, 2.05) is 85.8 Å². The van der Waals surface area contributed by atoms with Crippen molar-refractivity contribution in [2.75, 3.05) is 36.8 Å². The molecule has 0 bridgehead atoms. The van der Waals surface area contributed by atoms with Gasteiger partial charge in [0.05, 0.1) is 17.0 Å². The Kier molecular flexibility index (Phi) is 9.64. The molecule has 42 heavy (non-hydrogen) atoms. The Labute approximate surface area is 247 Å². The van der Waals surface area contributed by atoms with Crippen LogP contribution in [0.1, 0.15) is 25.8 Å². The first kappa shape index (κ1) is 28.6. The van der Waals surface area contributed by atoms with Crippen LogP contribution >= 0.6 is 0 Å². The number of anilines is 3. The van der Waals surface area contributed by atoms with Crippen molar-refractivity contribution in [2.45, 2.75) is 27.2 Å². The highest BCUT2D eigenvalue weighted by Gasteiger charge is 2.12. The molecule has 0 radical (unpaired) electrons. The topological polar surface area (TPSA) is 101 Å². The van der Waals surface area contributed by atoms with E-state index in [0.29, 0.717) is 23.4 Å². The number of aryl methyl sites for hydroxylation is 1. The first-order valence-electron chi connectivity index (χ1n) is 14.3. The molecule has 0 amide bonds. The molecule has 2 aromatic carbocycles. The molecule has 0 aliphatic carbocycles. The quantitative estimate of drug-likeness (QED) is 0.148. The highest BCUT2D eigenvalue weighted by atomic mass is 16.5. The third kappa shape index (κ3) is 7.44. The van der Waals surface area contributed by atoms with Crippen LogP contribution in [0.25, 0.3) is 22.5 Å². The molecule has 3 aromatic heterocycles. The number of hydrogen-bond acceptors (Lipinski definition) is 9. The fourth-order valence-electron chi connectivity index (χ4n) is 4.52. The van der Waals surface area contributed by atoms with Gasteiger partial charge in [-0.05, 0) is 87.1 Å². The van der Waals surface area contributed by atoms with E-state index in [2.05, 4.69) is 49.5 Å². The third-order valence-corrected chi connectivity index (χ3v) is 6.92. The number of benzene rings is 2. The Morgan fingerprint density at radius 2 is 1.62 bits per heavy atom. The summed E-state index contributed by atoms with van der Waals surface area (Å²) in [4.78, 5) is 16.0. The Morgan fingerprint density at radius 1 is 0.810 bits per heavy atom. The van der Waals surface area contributed by atoms with Crippen molar-refractivity contribution in [2.24, 2.45) is 0 Å². The lowest BCUT2D eigenvalue weighted by Gasteiger charge is -2.17. The molecule has 2 N–H and O–H groups in total. The molecule has 0 fully saturated rings. The molecule has 0 unspecified atom stereocenters. The van der Waals surface area contributed by atoms with Gasteiger partial charge in [0.25, 0.3) is 0 Å². The lowest BCUT2D eigenvalue weighted by Crippen LogP contribution is -2.25. The molecule has 5 aromatic rings. The zero-order chi connectivity index (χ0) is 29.1. The Balaban J connectivity index is 1.23.